The molecule has 0 aliphatic rings. The quantitative estimate of drug-likeness (QED) is 0.260. The van der Waals surface area contributed by atoms with Crippen molar-refractivity contribution in [2.75, 3.05) is 6.54 Å². The molecular formula is C31H33FN6O. The number of tetrazole rings is 1. The van der Waals surface area contributed by atoms with Crippen LogP contribution >= 0.6 is 0 Å². The summed E-state index contributed by atoms with van der Waals surface area (Å²) < 4.78 is 15.2. The second-order valence-electron chi connectivity index (χ2n) is 10.1. The predicted molar refractivity (Wildman–Crippen MR) is 151 cm³/mol. The molecule has 0 saturated heterocycles. The Labute approximate surface area is 227 Å². The number of fused-ring (bicyclic) bond motifs is 1. The highest BCUT2D eigenvalue weighted by Crippen LogP contribution is 2.26. The van der Waals surface area contributed by atoms with E-state index in [2.05, 4.69) is 63.5 Å². The summed E-state index contributed by atoms with van der Waals surface area (Å²) in [5.74, 6) is 0.444. The second-order valence-corrected chi connectivity index (χ2v) is 10.1. The standard InChI is InChI=1S/C31H33FN6O/c1-4-28(30-34-35-36-38(30)19-24-10-12-27(32)13-11-24)37(15-14-23-8-6-5-7-9-23)20-26-18-25-17-21(2)16-22(3)29(25)33-31(26)39/h5-13,16-18,28H,4,14-15,19-20H2,1-3H3,(H,33,39)/t28-/m0/s1. The van der Waals surface area contributed by atoms with Gasteiger partial charge >= 0.3 is 0 Å². The maximum atomic E-state index is 13.5. The molecule has 5 rings (SSSR count). The lowest BCUT2D eigenvalue weighted by Gasteiger charge is -2.30. The number of aromatic amines is 1. The van der Waals surface area contributed by atoms with Crippen molar-refractivity contribution in [1.29, 1.82) is 0 Å². The van der Waals surface area contributed by atoms with Crippen molar-refractivity contribution in [2.45, 2.75) is 52.7 Å². The molecule has 0 fully saturated rings. The number of aryl methyl sites for hydroxylation is 2. The van der Waals surface area contributed by atoms with E-state index in [-0.39, 0.29) is 17.4 Å². The van der Waals surface area contributed by atoms with Gasteiger partial charge in [0.15, 0.2) is 5.82 Å². The number of H-pyrrole nitrogens is 1. The average Bonchev–Trinajstić information content (AvgIpc) is 3.38. The first-order valence-corrected chi connectivity index (χ1v) is 13.3. The van der Waals surface area contributed by atoms with Crippen LogP contribution in [0.25, 0.3) is 10.9 Å². The normalized spacial score (nSPS) is 12.3. The number of aromatic nitrogens is 5. The first-order valence-electron chi connectivity index (χ1n) is 13.3. The Kier molecular flexibility index (Phi) is 7.93. The van der Waals surface area contributed by atoms with Crippen molar-refractivity contribution in [1.82, 2.24) is 30.1 Å². The second kappa shape index (κ2) is 11.7. The van der Waals surface area contributed by atoms with E-state index >= 15 is 0 Å². The monoisotopic (exact) mass is 524 g/mol. The van der Waals surface area contributed by atoms with Gasteiger partial charge in [-0.15, -0.1) is 5.10 Å². The highest BCUT2D eigenvalue weighted by molar-refractivity contribution is 5.82. The van der Waals surface area contributed by atoms with Gasteiger partial charge in [-0.2, -0.15) is 0 Å². The number of nitrogens with one attached hydrogen (secondary N) is 1. The summed E-state index contributed by atoms with van der Waals surface area (Å²) in [7, 11) is 0. The Morgan fingerprint density at radius 3 is 2.51 bits per heavy atom. The molecule has 1 atom stereocenters. The number of hydrogen-bond acceptors (Lipinski definition) is 5. The molecule has 0 spiro atoms. The van der Waals surface area contributed by atoms with Crippen LogP contribution in [0.2, 0.25) is 0 Å². The van der Waals surface area contributed by atoms with E-state index in [4.69, 9.17) is 0 Å². The SMILES string of the molecule is CC[C@@H](c1nnnn1Cc1ccc(F)cc1)N(CCc1ccccc1)Cc1cc2cc(C)cc(C)c2[nH]c1=O. The van der Waals surface area contributed by atoms with Gasteiger partial charge in [0, 0.05) is 18.7 Å². The molecule has 0 amide bonds. The highest BCUT2D eigenvalue weighted by Gasteiger charge is 2.26. The van der Waals surface area contributed by atoms with Gasteiger partial charge in [0.1, 0.15) is 5.82 Å². The zero-order chi connectivity index (χ0) is 27.4. The van der Waals surface area contributed by atoms with Crippen LogP contribution in [-0.2, 0) is 19.5 Å². The molecule has 7 nitrogen and oxygen atoms in total. The van der Waals surface area contributed by atoms with Crippen LogP contribution in [0, 0.1) is 19.7 Å². The molecule has 2 heterocycles. The molecule has 0 unspecified atom stereocenters. The van der Waals surface area contributed by atoms with Crippen LogP contribution < -0.4 is 5.56 Å². The van der Waals surface area contributed by atoms with Crippen LogP contribution in [-0.4, -0.2) is 36.6 Å². The van der Waals surface area contributed by atoms with E-state index in [1.807, 2.05) is 31.2 Å². The van der Waals surface area contributed by atoms with E-state index in [1.54, 1.807) is 16.8 Å². The fourth-order valence-corrected chi connectivity index (χ4v) is 5.26. The van der Waals surface area contributed by atoms with Crippen LogP contribution in [0.15, 0.2) is 77.6 Å². The summed E-state index contributed by atoms with van der Waals surface area (Å²) in [6, 6.07) is 22.8. The maximum absolute atomic E-state index is 13.5. The van der Waals surface area contributed by atoms with Crippen molar-refractivity contribution in [3.63, 3.8) is 0 Å². The summed E-state index contributed by atoms with van der Waals surface area (Å²) in [6.07, 6.45) is 1.57. The van der Waals surface area contributed by atoms with Gasteiger partial charge in [0.25, 0.3) is 5.56 Å². The van der Waals surface area contributed by atoms with Gasteiger partial charge in [-0.3, -0.25) is 9.69 Å². The Bertz CT molecular complexity index is 1610. The van der Waals surface area contributed by atoms with E-state index < -0.39 is 0 Å². The van der Waals surface area contributed by atoms with Gasteiger partial charge in [0.2, 0.25) is 0 Å². The molecular weight excluding hydrogens is 491 g/mol. The molecule has 200 valence electrons. The van der Waals surface area contributed by atoms with Crippen molar-refractivity contribution in [3.05, 3.63) is 123 Å². The van der Waals surface area contributed by atoms with Gasteiger partial charge in [-0.25, -0.2) is 9.07 Å². The molecule has 3 aromatic carbocycles. The number of pyridine rings is 1. The first kappa shape index (κ1) is 26.4. The van der Waals surface area contributed by atoms with E-state index in [1.165, 1.54) is 17.7 Å². The van der Waals surface area contributed by atoms with Gasteiger partial charge in [-0.05, 0) is 83.5 Å². The predicted octanol–water partition coefficient (Wildman–Crippen LogP) is 5.51. The number of hydrogen-bond donors (Lipinski definition) is 1. The highest BCUT2D eigenvalue weighted by atomic mass is 19.1. The van der Waals surface area contributed by atoms with E-state index in [9.17, 15) is 9.18 Å². The lowest BCUT2D eigenvalue weighted by atomic mass is 10.0. The van der Waals surface area contributed by atoms with Crippen LogP contribution in [0.1, 0.15) is 53.0 Å². The Balaban J connectivity index is 1.49. The van der Waals surface area contributed by atoms with Gasteiger partial charge in [-0.1, -0.05) is 61.0 Å². The number of benzene rings is 3. The van der Waals surface area contributed by atoms with E-state index in [0.717, 1.165) is 52.8 Å². The summed E-state index contributed by atoms with van der Waals surface area (Å²) in [6.45, 7) is 7.79. The Morgan fingerprint density at radius 2 is 1.77 bits per heavy atom. The smallest absolute Gasteiger partial charge is 0.252 e. The summed E-state index contributed by atoms with van der Waals surface area (Å²) in [5, 5.41) is 13.7. The minimum absolute atomic E-state index is 0.0834. The minimum atomic E-state index is -0.278. The fourth-order valence-electron chi connectivity index (χ4n) is 5.26. The molecule has 5 aromatic rings. The summed E-state index contributed by atoms with van der Waals surface area (Å²) in [5.41, 5.74) is 5.84. The van der Waals surface area contributed by atoms with Gasteiger partial charge < -0.3 is 4.98 Å². The maximum Gasteiger partial charge on any atom is 0.252 e. The van der Waals surface area contributed by atoms with Crippen LogP contribution in [0.5, 0.6) is 0 Å². The number of halogens is 1. The molecule has 1 N–H and O–H groups in total. The molecule has 39 heavy (non-hydrogen) atoms. The molecule has 8 heteroatoms. The van der Waals surface area contributed by atoms with E-state index in [0.29, 0.717) is 18.7 Å². The molecule has 2 aromatic heterocycles. The fraction of sp³-hybridized carbons (Fsp3) is 0.290. The van der Waals surface area contributed by atoms with Crippen molar-refractivity contribution >= 4 is 10.9 Å². The third kappa shape index (κ3) is 6.12. The first-order chi connectivity index (χ1) is 18.9. The molecule has 0 saturated carbocycles. The topological polar surface area (TPSA) is 79.7 Å². The van der Waals surface area contributed by atoms with Gasteiger partial charge in [0.05, 0.1) is 18.1 Å². The van der Waals surface area contributed by atoms with Crippen molar-refractivity contribution in [2.24, 2.45) is 0 Å². The Morgan fingerprint density at radius 1 is 1.00 bits per heavy atom. The largest absolute Gasteiger partial charge is 0.321 e. The number of nitrogens with zero attached hydrogens (tertiary/aromatic N) is 5. The number of rotatable bonds is 10. The zero-order valence-corrected chi connectivity index (χ0v) is 22.6. The van der Waals surface area contributed by atoms with Crippen LogP contribution in [0.4, 0.5) is 4.39 Å². The van der Waals surface area contributed by atoms with Crippen LogP contribution in [0.3, 0.4) is 0 Å². The molecule has 0 aliphatic heterocycles. The zero-order valence-electron chi connectivity index (χ0n) is 22.6. The van der Waals surface area contributed by atoms with Crippen molar-refractivity contribution in [3.8, 4) is 0 Å². The third-order valence-corrected chi connectivity index (χ3v) is 7.20. The summed E-state index contributed by atoms with van der Waals surface area (Å²) >= 11 is 0. The lowest BCUT2D eigenvalue weighted by Crippen LogP contribution is -2.34. The van der Waals surface area contributed by atoms with Crippen molar-refractivity contribution < 1.29 is 4.39 Å². The lowest BCUT2D eigenvalue weighted by molar-refractivity contribution is 0.172. The Hall–Kier alpha value is -4.17. The third-order valence-electron chi connectivity index (χ3n) is 7.20. The summed E-state index contributed by atoms with van der Waals surface area (Å²) in [4.78, 5) is 18.7. The molecule has 0 bridgehead atoms. The average molecular weight is 525 g/mol. The minimum Gasteiger partial charge on any atom is -0.321 e. The molecule has 0 radical (unpaired) electrons. The molecule has 0 aliphatic carbocycles.